The molecule has 1 aliphatic heterocycles. The molecule has 1 amide bonds. The van der Waals surface area contributed by atoms with Crippen LogP contribution in [0.5, 0.6) is 0 Å². The van der Waals surface area contributed by atoms with Crippen LogP contribution in [-0.2, 0) is 19.0 Å². The highest BCUT2D eigenvalue weighted by atomic mass is 32.1. The summed E-state index contributed by atoms with van der Waals surface area (Å²) in [6, 6.07) is 13.9. The Bertz CT molecular complexity index is 1540. The van der Waals surface area contributed by atoms with Crippen molar-refractivity contribution in [3.05, 3.63) is 75.8 Å². The van der Waals surface area contributed by atoms with Crippen molar-refractivity contribution in [3.63, 3.8) is 0 Å². The minimum absolute atomic E-state index is 0.154. The summed E-state index contributed by atoms with van der Waals surface area (Å²) in [5.41, 5.74) is 7.27. The third-order valence-corrected chi connectivity index (χ3v) is 8.12. The molecule has 10 heteroatoms. The van der Waals surface area contributed by atoms with Crippen LogP contribution in [0, 0.1) is 13.8 Å². The number of para-hydroxylation sites is 2. The second-order valence-corrected chi connectivity index (χ2v) is 11.0. The fraction of sp³-hybridized carbons (Fsp3) is 0.355. The molecule has 2 N–H and O–H groups in total. The largest absolute Gasteiger partial charge is 0.513 e. The topological polar surface area (TPSA) is 115 Å². The molecule has 4 aromatic rings. The molecule has 0 saturated heterocycles. The number of imidazole rings is 1. The van der Waals surface area contributed by atoms with Crippen molar-refractivity contribution in [2.45, 2.75) is 58.1 Å². The van der Waals surface area contributed by atoms with Crippen LogP contribution in [0.3, 0.4) is 0 Å². The lowest BCUT2D eigenvalue weighted by Gasteiger charge is -2.37. The van der Waals surface area contributed by atoms with Gasteiger partial charge in [-0.05, 0) is 69.7 Å². The van der Waals surface area contributed by atoms with E-state index in [-0.39, 0.29) is 18.6 Å². The fourth-order valence-corrected chi connectivity index (χ4v) is 5.92. The predicted octanol–water partition coefficient (Wildman–Crippen LogP) is 6.33. The van der Waals surface area contributed by atoms with Gasteiger partial charge >= 0.3 is 6.16 Å². The summed E-state index contributed by atoms with van der Waals surface area (Å²) in [6.07, 6.45) is 2.25. The van der Waals surface area contributed by atoms with Gasteiger partial charge in [0, 0.05) is 12.5 Å². The van der Waals surface area contributed by atoms with Crippen LogP contribution in [0.1, 0.15) is 49.3 Å². The molecule has 1 spiro atoms. The molecule has 214 valence electrons. The number of ether oxygens (including phenoxy) is 3. The highest BCUT2D eigenvalue weighted by molar-refractivity contribution is 7.07. The summed E-state index contributed by atoms with van der Waals surface area (Å²) in [5, 5.41) is 5.09. The van der Waals surface area contributed by atoms with E-state index in [4.69, 9.17) is 14.2 Å². The number of hydrogen-bond donors (Lipinski definition) is 2. The number of aryl methyl sites for hydroxylation is 2. The van der Waals surface area contributed by atoms with Gasteiger partial charge in [0.25, 0.3) is 5.91 Å². The number of nitrogens with zero attached hydrogens (tertiary/aromatic N) is 2. The molecule has 0 radical (unpaired) electrons. The number of methoxy groups -OCH3 is 1. The molecule has 1 saturated carbocycles. The average Bonchev–Trinajstić information content (AvgIpc) is 3.70. The number of fused-ring (bicyclic) bond motifs is 1. The van der Waals surface area contributed by atoms with Gasteiger partial charge in [0.05, 0.1) is 40.4 Å². The molecule has 1 aliphatic carbocycles. The van der Waals surface area contributed by atoms with Crippen LogP contribution < -0.4 is 5.32 Å². The zero-order valence-electron chi connectivity index (χ0n) is 23.7. The summed E-state index contributed by atoms with van der Waals surface area (Å²) < 4.78 is 16.1. The molecule has 41 heavy (non-hydrogen) atoms. The summed E-state index contributed by atoms with van der Waals surface area (Å²) in [6.45, 7) is 5.86. The van der Waals surface area contributed by atoms with Crippen LogP contribution in [0.25, 0.3) is 28.1 Å². The van der Waals surface area contributed by atoms with Crippen molar-refractivity contribution in [2.24, 2.45) is 0 Å². The van der Waals surface area contributed by atoms with Gasteiger partial charge in [0.15, 0.2) is 5.82 Å². The number of nitrogens with one attached hydrogen (secondary N) is 2. The van der Waals surface area contributed by atoms with E-state index in [0.29, 0.717) is 24.2 Å². The van der Waals surface area contributed by atoms with Crippen molar-refractivity contribution in [2.75, 3.05) is 13.7 Å². The van der Waals surface area contributed by atoms with Crippen molar-refractivity contribution in [3.8, 4) is 11.5 Å². The lowest BCUT2D eigenvalue weighted by Crippen LogP contribution is -2.49. The highest BCUT2D eigenvalue weighted by Gasteiger charge is 2.50. The molecule has 3 heterocycles. The van der Waals surface area contributed by atoms with Gasteiger partial charge in [-0.3, -0.25) is 4.79 Å². The van der Waals surface area contributed by atoms with Gasteiger partial charge in [-0.2, -0.15) is 0 Å². The Morgan fingerprint density at radius 1 is 1.15 bits per heavy atom. The Kier molecular flexibility index (Phi) is 8.51. The SMILES string of the molecule is CCOC(=O)OC1=C(c2cc(C)ccc2C)C(=O)N[C@]12CC[C@@H](OC)CC2.c1ccc2[nH]c(-c3cscn3)nc2c1. The fourth-order valence-electron chi connectivity index (χ4n) is 5.38. The van der Waals surface area contributed by atoms with E-state index in [9.17, 15) is 9.59 Å². The molecule has 0 atom stereocenters. The lowest BCUT2D eigenvalue weighted by atomic mass is 9.79. The third kappa shape index (κ3) is 6.03. The zero-order valence-corrected chi connectivity index (χ0v) is 24.5. The molecule has 2 aromatic heterocycles. The van der Waals surface area contributed by atoms with E-state index in [0.717, 1.165) is 52.1 Å². The monoisotopic (exact) mass is 574 g/mol. The van der Waals surface area contributed by atoms with Crippen LogP contribution in [-0.4, -0.2) is 52.4 Å². The molecular formula is C31H34N4O5S. The number of thiazole rings is 1. The van der Waals surface area contributed by atoms with Crippen molar-refractivity contribution in [1.82, 2.24) is 20.3 Å². The van der Waals surface area contributed by atoms with Crippen molar-refractivity contribution >= 4 is 40.0 Å². The van der Waals surface area contributed by atoms with Gasteiger partial charge in [-0.1, -0.05) is 35.9 Å². The third-order valence-electron chi connectivity index (χ3n) is 7.54. The average molecular weight is 575 g/mol. The van der Waals surface area contributed by atoms with Crippen LogP contribution in [0.4, 0.5) is 4.79 Å². The smallest absolute Gasteiger partial charge is 0.434 e. The first-order chi connectivity index (χ1) is 19.8. The van der Waals surface area contributed by atoms with E-state index in [2.05, 4.69) is 20.3 Å². The summed E-state index contributed by atoms with van der Waals surface area (Å²) in [7, 11) is 1.70. The lowest BCUT2D eigenvalue weighted by molar-refractivity contribution is -0.116. The number of aromatic amines is 1. The maximum absolute atomic E-state index is 13.0. The second kappa shape index (κ2) is 12.2. The van der Waals surface area contributed by atoms with Gasteiger partial charge < -0.3 is 24.5 Å². The number of aromatic nitrogens is 3. The van der Waals surface area contributed by atoms with E-state index < -0.39 is 11.7 Å². The molecule has 0 unspecified atom stereocenters. The molecule has 1 fully saturated rings. The first kappa shape index (κ1) is 28.5. The second-order valence-electron chi connectivity index (χ2n) is 10.3. The number of amides is 1. The predicted molar refractivity (Wildman–Crippen MR) is 158 cm³/mol. The molecule has 9 nitrogen and oxygen atoms in total. The van der Waals surface area contributed by atoms with E-state index >= 15 is 0 Å². The number of rotatable bonds is 5. The van der Waals surface area contributed by atoms with Crippen molar-refractivity contribution in [1.29, 1.82) is 0 Å². The summed E-state index contributed by atoms with van der Waals surface area (Å²) in [5.74, 6) is 1.01. The molecular weight excluding hydrogens is 540 g/mol. The zero-order chi connectivity index (χ0) is 29.0. The Morgan fingerprint density at radius 3 is 2.61 bits per heavy atom. The van der Waals surface area contributed by atoms with Crippen LogP contribution in [0.2, 0.25) is 0 Å². The summed E-state index contributed by atoms with van der Waals surface area (Å²) in [4.78, 5) is 37.0. The number of carbonyl (C=O) groups is 2. The standard InChI is InChI=1S/C21H27NO5.C10H7N3S/c1-5-26-20(24)27-18-17(16-12-13(2)6-7-14(16)3)19(23)22-21(18)10-8-15(25-4)9-11-21;1-2-4-8-7(3-1)12-10(13-8)9-5-14-6-11-9/h6-7,12,15H,5,8-11H2,1-4H3,(H,22,23);1-6H,(H,12,13)/t15-,21+;. The Labute approximate surface area is 243 Å². The maximum atomic E-state index is 13.0. The highest BCUT2D eigenvalue weighted by Crippen LogP contribution is 2.44. The van der Waals surface area contributed by atoms with Gasteiger partial charge in [0.1, 0.15) is 11.5 Å². The first-order valence-electron chi connectivity index (χ1n) is 13.7. The quantitative estimate of drug-likeness (QED) is 0.268. The Morgan fingerprint density at radius 2 is 1.93 bits per heavy atom. The number of hydrogen-bond acceptors (Lipinski definition) is 8. The molecule has 0 bridgehead atoms. The first-order valence-corrected chi connectivity index (χ1v) is 14.6. The minimum atomic E-state index is -0.778. The van der Waals surface area contributed by atoms with E-state index in [1.807, 2.05) is 67.2 Å². The van der Waals surface area contributed by atoms with E-state index in [1.54, 1.807) is 25.4 Å². The van der Waals surface area contributed by atoms with Gasteiger partial charge in [-0.15, -0.1) is 11.3 Å². The Balaban J connectivity index is 0.000000200. The van der Waals surface area contributed by atoms with E-state index in [1.165, 1.54) is 0 Å². The van der Waals surface area contributed by atoms with Crippen LogP contribution >= 0.6 is 11.3 Å². The molecule has 2 aromatic carbocycles. The van der Waals surface area contributed by atoms with Gasteiger partial charge in [-0.25, -0.2) is 14.8 Å². The van der Waals surface area contributed by atoms with Crippen LogP contribution in [0.15, 0.2) is 59.1 Å². The van der Waals surface area contributed by atoms with Crippen molar-refractivity contribution < 1.29 is 23.8 Å². The maximum Gasteiger partial charge on any atom is 0.513 e. The molecule has 6 rings (SSSR count). The molecule has 2 aliphatic rings. The number of carbonyl (C=O) groups excluding carboxylic acids is 2. The van der Waals surface area contributed by atoms with Gasteiger partial charge in [0.2, 0.25) is 0 Å². The summed E-state index contributed by atoms with van der Waals surface area (Å²) >= 11 is 1.57. The number of H-pyrrole nitrogens is 1. The minimum Gasteiger partial charge on any atom is -0.434 e. The number of benzene rings is 2. The Hall–Kier alpha value is -4.02. The normalized spacial score (nSPS) is 20.1.